The summed E-state index contributed by atoms with van der Waals surface area (Å²) >= 11 is 5.73. The molecule has 0 aliphatic rings. The van der Waals surface area contributed by atoms with Crippen molar-refractivity contribution in [2.24, 2.45) is 0 Å². The normalized spacial score (nSPS) is 9.71. The van der Waals surface area contributed by atoms with Gasteiger partial charge in [-0.25, -0.2) is 4.79 Å². The maximum absolute atomic E-state index is 10.8. The monoisotopic (exact) mass is 257 g/mol. The smallest absolute Gasteiger partial charge is 0.335 e. The molecule has 0 aliphatic heterocycles. The Labute approximate surface area is 101 Å². The van der Waals surface area contributed by atoms with Crippen LogP contribution in [0.15, 0.2) is 24.8 Å². The van der Waals surface area contributed by atoms with Crippen LogP contribution in [0.3, 0.4) is 0 Å². The Morgan fingerprint density at radius 2 is 2.29 bits per heavy atom. The van der Waals surface area contributed by atoms with Crippen molar-refractivity contribution in [1.29, 1.82) is 0 Å². The second-order valence-corrected chi connectivity index (χ2v) is 3.38. The molecule has 1 N–H and O–H groups in total. The minimum Gasteiger partial charge on any atom is -0.482 e. The minimum atomic E-state index is -1.30. The average Bonchev–Trinajstić information content (AvgIpc) is 2.26. The Balaban J connectivity index is 3.32. The number of hydrogen-bond acceptors (Lipinski definition) is 4. The Bertz CT molecular complexity index is 486. The number of nitro groups is 1. The number of ether oxygens (including phenoxy) is 1. The standard InChI is InChI=1S/C10H8ClNO5/c1-2-3-17-9-7(11)4-6(10(13)14)5-8(9)12(15)16/h2,4-5H,1,3H2,(H,13,14). The van der Waals surface area contributed by atoms with Crippen LogP contribution < -0.4 is 4.74 Å². The molecule has 0 heterocycles. The molecule has 6 nitrogen and oxygen atoms in total. The van der Waals surface area contributed by atoms with E-state index in [1.54, 1.807) is 0 Å². The number of nitro benzene ring substituents is 1. The molecule has 17 heavy (non-hydrogen) atoms. The molecule has 7 heteroatoms. The van der Waals surface area contributed by atoms with Crippen LogP contribution in [0.1, 0.15) is 10.4 Å². The summed E-state index contributed by atoms with van der Waals surface area (Å²) < 4.78 is 5.03. The van der Waals surface area contributed by atoms with Gasteiger partial charge >= 0.3 is 11.7 Å². The van der Waals surface area contributed by atoms with E-state index in [-0.39, 0.29) is 22.9 Å². The Morgan fingerprint density at radius 3 is 2.76 bits per heavy atom. The summed E-state index contributed by atoms with van der Waals surface area (Å²) in [4.78, 5) is 20.7. The molecule has 0 saturated carbocycles. The van der Waals surface area contributed by atoms with Gasteiger partial charge in [-0.3, -0.25) is 10.1 Å². The van der Waals surface area contributed by atoms with E-state index in [0.29, 0.717) is 0 Å². The first-order valence-corrected chi connectivity index (χ1v) is 4.80. The fourth-order valence-electron chi connectivity index (χ4n) is 1.12. The van der Waals surface area contributed by atoms with Gasteiger partial charge in [-0.15, -0.1) is 0 Å². The Morgan fingerprint density at radius 1 is 1.65 bits per heavy atom. The molecule has 0 atom stereocenters. The van der Waals surface area contributed by atoms with E-state index in [1.807, 2.05) is 0 Å². The minimum absolute atomic E-state index is 0.0347. The molecule has 0 radical (unpaired) electrons. The van der Waals surface area contributed by atoms with Crippen LogP contribution in [-0.2, 0) is 0 Å². The maximum Gasteiger partial charge on any atom is 0.335 e. The summed E-state index contributed by atoms with van der Waals surface area (Å²) in [5.41, 5.74) is -0.760. The number of carbonyl (C=O) groups is 1. The van der Waals surface area contributed by atoms with Crippen molar-refractivity contribution < 1.29 is 19.6 Å². The number of carboxylic acids is 1. The van der Waals surface area contributed by atoms with Gasteiger partial charge in [-0.2, -0.15) is 0 Å². The quantitative estimate of drug-likeness (QED) is 0.497. The summed E-state index contributed by atoms with van der Waals surface area (Å²) in [6, 6.07) is 1.99. The Hall–Kier alpha value is -2.08. The number of carboxylic acid groups (broad SMARTS) is 1. The molecular formula is C10H8ClNO5. The van der Waals surface area contributed by atoms with Crippen LogP contribution in [0.4, 0.5) is 5.69 Å². The molecular weight excluding hydrogens is 250 g/mol. The van der Waals surface area contributed by atoms with Crippen molar-refractivity contribution in [3.63, 3.8) is 0 Å². The number of aromatic carboxylic acids is 1. The van der Waals surface area contributed by atoms with Gasteiger partial charge in [0.25, 0.3) is 0 Å². The van der Waals surface area contributed by atoms with Gasteiger partial charge in [0.05, 0.1) is 15.5 Å². The predicted octanol–water partition coefficient (Wildman–Crippen LogP) is 2.51. The lowest BCUT2D eigenvalue weighted by atomic mass is 10.2. The predicted molar refractivity (Wildman–Crippen MR) is 60.8 cm³/mol. The van der Waals surface area contributed by atoms with E-state index in [9.17, 15) is 14.9 Å². The molecule has 1 aromatic rings. The highest BCUT2D eigenvalue weighted by Gasteiger charge is 2.22. The van der Waals surface area contributed by atoms with Crippen molar-refractivity contribution in [2.75, 3.05) is 6.61 Å². The van der Waals surface area contributed by atoms with Crippen LogP contribution in [0.25, 0.3) is 0 Å². The zero-order valence-electron chi connectivity index (χ0n) is 8.55. The van der Waals surface area contributed by atoms with Crippen LogP contribution in [0.5, 0.6) is 5.75 Å². The maximum atomic E-state index is 10.8. The van der Waals surface area contributed by atoms with E-state index < -0.39 is 16.6 Å². The second kappa shape index (κ2) is 5.31. The first-order chi connectivity index (χ1) is 7.97. The lowest BCUT2D eigenvalue weighted by Crippen LogP contribution is -2.03. The van der Waals surface area contributed by atoms with E-state index in [2.05, 4.69) is 6.58 Å². The van der Waals surface area contributed by atoms with Crippen molar-refractivity contribution in [1.82, 2.24) is 0 Å². The number of benzene rings is 1. The van der Waals surface area contributed by atoms with Gasteiger partial charge in [0.1, 0.15) is 6.61 Å². The second-order valence-electron chi connectivity index (χ2n) is 2.97. The summed E-state index contributed by atoms with van der Waals surface area (Å²) in [6.45, 7) is 3.43. The highest BCUT2D eigenvalue weighted by Crippen LogP contribution is 2.36. The highest BCUT2D eigenvalue weighted by atomic mass is 35.5. The zero-order chi connectivity index (χ0) is 13.0. The van der Waals surface area contributed by atoms with E-state index in [4.69, 9.17) is 21.4 Å². The molecule has 0 spiro atoms. The third-order valence-corrected chi connectivity index (χ3v) is 2.09. The molecule has 0 bridgehead atoms. The van der Waals surface area contributed by atoms with Crippen LogP contribution in [-0.4, -0.2) is 22.6 Å². The molecule has 0 amide bonds. The molecule has 0 aliphatic carbocycles. The van der Waals surface area contributed by atoms with Crippen LogP contribution in [0.2, 0.25) is 5.02 Å². The summed E-state index contributed by atoms with van der Waals surface area (Å²) in [5.74, 6) is -1.47. The first-order valence-electron chi connectivity index (χ1n) is 4.42. The molecule has 1 rings (SSSR count). The van der Waals surface area contributed by atoms with Crippen molar-refractivity contribution in [2.45, 2.75) is 0 Å². The third kappa shape index (κ3) is 2.94. The summed E-state index contributed by atoms with van der Waals surface area (Å²) in [7, 11) is 0. The lowest BCUT2D eigenvalue weighted by Gasteiger charge is -2.07. The number of nitrogens with zero attached hydrogens (tertiary/aromatic N) is 1. The van der Waals surface area contributed by atoms with Gasteiger partial charge in [-0.1, -0.05) is 24.3 Å². The van der Waals surface area contributed by atoms with Gasteiger partial charge in [0, 0.05) is 6.07 Å². The Kier molecular flexibility index (Phi) is 4.06. The first kappa shape index (κ1) is 13.0. The third-order valence-electron chi connectivity index (χ3n) is 1.81. The SMILES string of the molecule is C=CCOc1c(Cl)cc(C(=O)O)cc1[N+](=O)[O-]. The summed E-state index contributed by atoms with van der Waals surface area (Å²) in [5, 5.41) is 19.4. The van der Waals surface area contributed by atoms with Gasteiger partial charge in [0.2, 0.25) is 5.75 Å². The number of rotatable bonds is 5. The largest absolute Gasteiger partial charge is 0.482 e. The number of halogens is 1. The molecule has 0 unspecified atom stereocenters. The molecule has 0 saturated heterocycles. The van der Waals surface area contributed by atoms with E-state index in [1.165, 1.54) is 6.08 Å². The zero-order valence-corrected chi connectivity index (χ0v) is 9.31. The van der Waals surface area contributed by atoms with E-state index in [0.717, 1.165) is 12.1 Å². The average molecular weight is 258 g/mol. The van der Waals surface area contributed by atoms with Crippen LogP contribution in [0, 0.1) is 10.1 Å². The van der Waals surface area contributed by atoms with E-state index >= 15 is 0 Å². The van der Waals surface area contributed by atoms with Gasteiger partial charge < -0.3 is 9.84 Å². The lowest BCUT2D eigenvalue weighted by molar-refractivity contribution is -0.385. The fraction of sp³-hybridized carbons (Fsp3) is 0.100. The molecule has 0 aromatic heterocycles. The summed E-state index contributed by atoms with van der Waals surface area (Å²) in [6.07, 6.45) is 1.39. The molecule has 90 valence electrons. The van der Waals surface area contributed by atoms with Crippen molar-refractivity contribution in [3.8, 4) is 5.75 Å². The topological polar surface area (TPSA) is 89.7 Å². The molecule has 0 fully saturated rings. The van der Waals surface area contributed by atoms with Gasteiger partial charge in [0.15, 0.2) is 0 Å². The van der Waals surface area contributed by atoms with Gasteiger partial charge in [-0.05, 0) is 6.07 Å². The van der Waals surface area contributed by atoms with Crippen LogP contribution >= 0.6 is 11.6 Å². The molecule has 1 aromatic carbocycles. The fourth-order valence-corrected chi connectivity index (χ4v) is 1.39. The van der Waals surface area contributed by atoms with Crippen molar-refractivity contribution in [3.05, 3.63) is 45.5 Å². The number of hydrogen-bond donors (Lipinski definition) is 1. The highest BCUT2D eigenvalue weighted by molar-refractivity contribution is 6.32. The van der Waals surface area contributed by atoms with Crippen molar-refractivity contribution >= 4 is 23.3 Å².